The van der Waals surface area contributed by atoms with E-state index in [0.717, 1.165) is 10.1 Å². The predicted octanol–water partition coefficient (Wildman–Crippen LogP) is 1.79. The van der Waals surface area contributed by atoms with Gasteiger partial charge < -0.3 is 5.11 Å². The van der Waals surface area contributed by atoms with E-state index in [1.54, 1.807) is 12.1 Å². The Bertz CT molecular complexity index is 478. The van der Waals surface area contributed by atoms with Gasteiger partial charge in [-0.05, 0) is 34.1 Å². The van der Waals surface area contributed by atoms with Crippen LogP contribution in [0, 0.1) is 0 Å². The maximum absolute atomic E-state index is 10.6. The number of carboxylic acids is 1. The molecule has 0 atom stereocenters. The van der Waals surface area contributed by atoms with Gasteiger partial charge in [-0.3, -0.25) is 0 Å². The molecule has 2 rings (SSSR count). The zero-order valence-electron chi connectivity index (χ0n) is 6.44. The number of nitrogens with zero attached hydrogens (tertiary/aromatic N) is 2. The van der Waals surface area contributed by atoms with Gasteiger partial charge in [-0.25, -0.2) is 9.31 Å². The van der Waals surface area contributed by atoms with Crippen LogP contribution in [0.5, 0.6) is 0 Å². The smallest absolute Gasteiger partial charge is 0.356 e. The summed E-state index contributed by atoms with van der Waals surface area (Å²) in [4.78, 5) is 10.6. The lowest BCUT2D eigenvalue weighted by Gasteiger charge is -1.93. The summed E-state index contributed by atoms with van der Waals surface area (Å²) < 4.78 is 2.26. The molecule has 0 radical (unpaired) electrons. The summed E-state index contributed by atoms with van der Waals surface area (Å²) >= 11 is 3.27. The molecule has 0 amide bonds. The molecule has 0 saturated carbocycles. The van der Waals surface area contributed by atoms with E-state index in [-0.39, 0.29) is 5.69 Å². The Labute approximate surface area is 81.9 Å². The molecule has 0 aliphatic carbocycles. The van der Waals surface area contributed by atoms with Gasteiger partial charge in [0.05, 0.1) is 5.52 Å². The van der Waals surface area contributed by atoms with Crippen molar-refractivity contribution < 1.29 is 9.90 Å². The number of hydrogen-bond donors (Lipinski definition) is 1. The van der Waals surface area contributed by atoms with Crippen molar-refractivity contribution in [2.45, 2.75) is 0 Å². The van der Waals surface area contributed by atoms with Crippen molar-refractivity contribution in [1.82, 2.24) is 9.61 Å². The minimum absolute atomic E-state index is 0.0481. The van der Waals surface area contributed by atoms with E-state index < -0.39 is 5.97 Å². The van der Waals surface area contributed by atoms with Crippen LogP contribution in [-0.4, -0.2) is 20.7 Å². The third-order valence-corrected chi connectivity index (χ3v) is 2.26. The van der Waals surface area contributed by atoms with Crippen LogP contribution in [0.1, 0.15) is 10.5 Å². The highest BCUT2D eigenvalue weighted by molar-refractivity contribution is 9.10. The average molecular weight is 241 g/mol. The van der Waals surface area contributed by atoms with Crippen LogP contribution in [0.25, 0.3) is 5.52 Å². The highest BCUT2D eigenvalue weighted by Crippen LogP contribution is 2.13. The van der Waals surface area contributed by atoms with Gasteiger partial charge in [-0.2, -0.15) is 5.10 Å². The van der Waals surface area contributed by atoms with Gasteiger partial charge in [0, 0.05) is 0 Å². The molecular weight excluding hydrogens is 236 g/mol. The van der Waals surface area contributed by atoms with Gasteiger partial charge in [0.25, 0.3) is 0 Å². The molecule has 0 aromatic carbocycles. The zero-order valence-corrected chi connectivity index (χ0v) is 8.02. The molecule has 66 valence electrons. The predicted molar refractivity (Wildman–Crippen MR) is 49.9 cm³/mol. The second-order valence-corrected chi connectivity index (χ2v) is 3.33. The number of carbonyl (C=O) groups is 1. The van der Waals surface area contributed by atoms with Gasteiger partial charge in [0.15, 0.2) is 5.69 Å². The number of pyridine rings is 1. The van der Waals surface area contributed by atoms with Gasteiger partial charge in [-0.15, -0.1) is 0 Å². The first kappa shape index (κ1) is 8.25. The first-order valence-corrected chi connectivity index (χ1v) is 4.35. The largest absolute Gasteiger partial charge is 0.476 e. The van der Waals surface area contributed by atoms with E-state index in [2.05, 4.69) is 21.0 Å². The van der Waals surface area contributed by atoms with Gasteiger partial charge in [-0.1, -0.05) is 6.07 Å². The molecule has 5 heteroatoms. The lowest BCUT2D eigenvalue weighted by Crippen LogP contribution is -1.97. The minimum atomic E-state index is -1.02. The fourth-order valence-corrected chi connectivity index (χ4v) is 1.52. The van der Waals surface area contributed by atoms with Crippen molar-refractivity contribution in [3.63, 3.8) is 0 Å². The highest BCUT2D eigenvalue weighted by atomic mass is 79.9. The highest BCUT2D eigenvalue weighted by Gasteiger charge is 2.09. The van der Waals surface area contributed by atoms with Crippen molar-refractivity contribution >= 4 is 27.4 Å². The van der Waals surface area contributed by atoms with Crippen molar-refractivity contribution in [3.05, 3.63) is 34.6 Å². The Balaban J connectivity index is 2.75. The van der Waals surface area contributed by atoms with Gasteiger partial charge in [0.2, 0.25) is 0 Å². The van der Waals surface area contributed by atoms with Crippen LogP contribution in [0.4, 0.5) is 0 Å². The van der Waals surface area contributed by atoms with Crippen LogP contribution in [-0.2, 0) is 0 Å². The van der Waals surface area contributed by atoms with Crippen LogP contribution in [0.3, 0.4) is 0 Å². The van der Waals surface area contributed by atoms with E-state index in [1.165, 1.54) is 10.6 Å². The van der Waals surface area contributed by atoms with Gasteiger partial charge >= 0.3 is 5.97 Å². The fourth-order valence-electron chi connectivity index (χ4n) is 1.09. The number of rotatable bonds is 1. The first-order chi connectivity index (χ1) is 6.18. The zero-order chi connectivity index (χ0) is 9.42. The molecule has 0 aliphatic rings. The van der Waals surface area contributed by atoms with Crippen molar-refractivity contribution in [3.8, 4) is 0 Å². The number of hydrogen-bond acceptors (Lipinski definition) is 2. The Morgan fingerprint density at radius 3 is 2.92 bits per heavy atom. The molecule has 0 spiro atoms. The lowest BCUT2D eigenvalue weighted by molar-refractivity contribution is 0.0690. The quantitative estimate of drug-likeness (QED) is 0.774. The Morgan fingerprint density at radius 2 is 2.31 bits per heavy atom. The van der Waals surface area contributed by atoms with Crippen LogP contribution in [0.2, 0.25) is 0 Å². The SMILES string of the molecule is O=C(O)c1cc2cccc(Br)n2n1. The third-order valence-electron chi connectivity index (χ3n) is 1.66. The molecule has 0 unspecified atom stereocenters. The van der Waals surface area contributed by atoms with Crippen molar-refractivity contribution in [2.75, 3.05) is 0 Å². The molecule has 4 nitrogen and oxygen atoms in total. The maximum atomic E-state index is 10.6. The Hall–Kier alpha value is -1.36. The summed E-state index contributed by atoms with van der Waals surface area (Å²) in [7, 11) is 0. The molecule has 0 bridgehead atoms. The van der Waals surface area contributed by atoms with Crippen LogP contribution < -0.4 is 0 Å². The number of aromatic carboxylic acids is 1. The number of halogens is 1. The van der Waals surface area contributed by atoms with E-state index in [4.69, 9.17) is 5.11 Å². The molecular formula is C8H5BrN2O2. The van der Waals surface area contributed by atoms with E-state index in [9.17, 15) is 4.79 Å². The van der Waals surface area contributed by atoms with Crippen molar-refractivity contribution in [2.24, 2.45) is 0 Å². The maximum Gasteiger partial charge on any atom is 0.356 e. The molecule has 2 aromatic rings. The summed E-state index contributed by atoms with van der Waals surface area (Å²) in [5.74, 6) is -1.02. The molecule has 0 saturated heterocycles. The molecule has 2 heterocycles. The fraction of sp³-hybridized carbons (Fsp3) is 0. The monoisotopic (exact) mass is 240 g/mol. The van der Waals surface area contributed by atoms with E-state index in [0.29, 0.717) is 0 Å². The van der Waals surface area contributed by atoms with E-state index >= 15 is 0 Å². The molecule has 0 aliphatic heterocycles. The lowest BCUT2D eigenvalue weighted by atomic mass is 10.3. The summed E-state index contributed by atoms with van der Waals surface area (Å²) in [6.07, 6.45) is 0. The summed E-state index contributed by atoms with van der Waals surface area (Å²) in [6, 6.07) is 6.94. The normalized spacial score (nSPS) is 10.5. The minimum Gasteiger partial charge on any atom is -0.476 e. The van der Waals surface area contributed by atoms with Gasteiger partial charge in [0.1, 0.15) is 4.60 Å². The standard InChI is InChI=1S/C8H5BrN2O2/c9-7-3-1-2-5-4-6(8(12)13)10-11(5)7/h1-4H,(H,12,13). The number of fused-ring (bicyclic) bond motifs is 1. The molecule has 1 N–H and O–H groups in total. The summed E-state index contributed by atoms with van der Waals surface area (Å²) in [6.45, 7) is 0. The Kier molecular flexibility index (Phi) is 1.81. The topological polar surface area (TPSA) is 54.6 Å². The second-order valence-electron chi connectivity index (χ2n) is 2.52. The average Bonchev–Trinajstić information content (AvgIpc) is 2.49. The third kappa shape index (κ3) is 1.31. The van der Waals surface area contributed by atoms with Crippen molar-refractivity contribution in [1.29, 1.82) is 0 Å². The van der Waals surface area contributed by atoms with E-state index in [1.807, 2.05) is 6.07 Å². The van der Waals surface area contributed by atoms with Crippen LogP contribution >= 0.6 is 15.9 Å². The number of aromatic nitrogens is 2. The second kappa shape index (κ2) is 2.85. The molecule has 0 fully saturated rings. The molecule has 13 heavy (non-hydrogen) atoms. The molecule has 2 aromatic heterocycles. The van der Waals surface area contributed by atoms with Crippen LogP contribution in [0.15, 0.2) is 28.9 Å². The summed E-state index contributed by atoms with van der Waals surface area (Å²) in [5.41, 5.74) is 0.804. The Morgan fingerprint density at radius 1 is 1.54 bits per heavy atom. The number of carboxylic acid groups (broad SMARTS) is 1. The first-order valence-electron chi connectivity index (χ1n) is 3.56. The summed E-state index contributed by atoms with van der Waals surface area (Å²) in [5, 5.41) is 12.6.